The van der Waals surface area contributed by atoms with Crippen LogP contribution in [0.5, 0.6) is 0 Å². The average molecular weight is 530 g/mol. The summed E-state index contributed by atoms with van der Waals surface area (Å²) in [5.41, 5.74) is -1.72. The van der Waals surface area contributed by atoms with E-state index in [2.05, 4.69) is 20.6 Å². The van der Waals surface area contributed by atoms with Crippen molar-refractivity contribution in [2.75, 3.05) is 13.6 Å². The number of nitrogens with one attached hydrogen (secondary N) is 3. The highest BCUT2D eigenvalue weighted by Gasteiger charge is 2.68. The van der Waals surface area contributed by atoms with Gasteiger partial charge < -0.3 is 29.9 Å². The van der Waals surface area contributed by atoms with E-state index in [0.717, 1.165) is 0 Å². The van der Waals surface area contributed by atoms with E-state index in [1.54, 1.807) is 0 Å². The molecule has 2 aliphatic heterocycles. The Morgan fingerprint density at radius 1 is 1.20 bits per heavy atom. The first-order valence-corrected chi connectivity index (χ1v) is 11.7. The summed E-state index contributed by atoms with van der Waals surface area (Å²) in [6.45, 7) is 0.296. The van der Waals surface area contributed by atoms with Crippen molar-refractivity contribution in [3.63, 3.8) is 0 Å². The van der Waals surface area contributed by atoms with E-state index in [1.807, 2.05) is 13.8 Å². The van der Waals surface area contributed by atoms with Crippen LogP contribution >= 0.6 is 23.2 Å². The van der Waals surface area contributed by atoms with Gasteiger partial charge >= 0.3 is 12.7 Å². The molecule has 2 fully saturated rings. The third kappa shape index (κ3) is 5.88. The second-order valence-corrected chi connectivity index (χ2v) is 9.75. The molecule has 2 aliphatic rings. The Kier molecular flexibility index (Phi) is 7.98. The minimum absolute atomic E-state index is 0.0279. The van der Waals surface area contributed by atoms with Crippen molar-refractivity contribution < 1.29 is 37.9 Å². The molecular formula is C21H26BCl2N3O8. The van der Waals surface area contributed by atoms with Crippen molar-refractivity contribution in [3.8, 4) is 0 Å². The van der Waals surface area contributed by atoms with Crippen molar-refractivity contribution in [1.29, 1.82) is 0 Å². The highest BCUT2D eigenvalue weighted by Crippen LogP contribution is 2.41. The Bertz CT molecular complexity index is 1070. The highest BCUT2D eigenvalue weighted by molar-refractivity contribution is 6.67. The first-order valence-electron chi connectivity index (χ1n) is 11.0. The molecule has 0 saturated carbocycles. The molecule has 1 unspecified atom stereocenters. The summed E-state index contributed by atoms with van der Waals surface area (Å²) >= 11 is 11.9. The Hall–Kier alpha value is -2.83. The van der Waals surface area contributed by atoms with Gasteiger partial charge in [-0.1, -0.05) is 43.5 Å². The van der Waals surface area contributed by atoms with Gasteiger partial charge in [0.1, 0.15) is 6.42 Å². The second kappa shape index (κ2) is 10.4. The normalized spacial score (nSPS) is 23.8. The monoisotopic (exact) mass is 529 g/mol. The summed E-state index contributed by atoms with van der Waals surface area (Å²) in [4.78, 5) is 62.4. The van der Waals surface area contributed by atoms with E-state index < -0.39 is 67.3 Å². The van der Waals surface area contributed by atoms with Crippen LogP contribution in [-0.4, -0.2) is 66.2 Å². The average Bonchev–Trinajstić information content (AvgIpc) is 2.98. The molecule has 4 N–H and O–H groups in total. The second-order valence-electron chi connectivity index (χ2n) is 8.91. The summed E-state index contributed by atoms with van der Waals surface area (Å²) in [6, 6.07) is 4.34. The molecule has 1 aromatic rings. The van der Waals surface area contributed by atoms with Crippen LogP contribution in [0.1, 0.15) is 43.5 Å². The molecule has 0 spiro atoms. The van der Waals surface area contributed by atoms with Gasteiger partial charge in [0.25, 0.3) is 11.9 Å². The third-order valence-electron chi connectivity index (χ3n) is 5.69. The van der Waals surface area contributed by atoms with E-state index >= 15 is 0 Å². The van der Waals surface area contributed by atoms with Gasteiger partial charge in [-0.05, 0) is 24.1 Å². The van der Waals surface area contributed by atoms with Crippen LogP contribution in [0, 0.1) is 5.92 Å². The molecular weight excluding hydrogens is 504 g/mol. The molecule has 35 heavy (non-hydrogen) atoms. The van der Waals surface area contributed by atoms with Crippen LogP contribution in [0.4, 0.5) is 0 Å². The molecule has 3 rings (SSSR count). The maximum atomic E-state index is 12.8. The van der Waals surface area contributed by atoms with Crippen molar-refractivity contribution >= 4 is 59.6 Å². The van der Waals surface area contributed by atoms with Crippen LogP contribution in [0.25, 0.3) is 0 Å². The molecule has 11 nitrogen and oxygen atoms in total. The number of carbonyl (C=O) groups is 5. The molecule has 14 heteroatoms. The van der Waals surface area contributed by atoms with Crippen LogP contribution in [0.2, 0.25) is 10.0 Å². The molecule has 190 valence electrons. The lowest BCUT2D eigenvalue weighted by Crippen LogP contribution is -2.67. The van der Waals surface area contributed by atoms with Gasteiger partial charge in [-0.15, -0.1) is 0 Å². The van der Waals surface area contributed by atoms with E-state index in [1.165, 1.54) is 25.2 Å². The molecule has 1 aromatic carbocycles. The number of amides is 3. The zero-order valence-corrected chi connectivity index (χ0v) is 20.9. The lowest BCUT2D eigenvalue weighted by atomic mass is 9.64. The summed E-state index contributed by atoms with van der Waals surface area (Å²) in [6.07, 6.45) is -0.632. The molecule has 3 amide bonds. The van der Waals surface area contributed by atoms with Crippen molar-refractivity contribution in [3.05, 3.63) is 33.8 Å². The fraction of sp³-hybridized carbons (Fsp3) is 0.476. The smallest absolute Gasteiger partial charge is 0.594 e. The molecule has 0 aromatic heterocycles. The predicted octanol–water partition coefficient (Wildman–Crippen LogP) is 0.639. The molecule has 2 bridgehead atoms. The number of benzene rings is 1. The SMILES string of the molecule is CNC(=O)C[C@@]12CC(=O)[OH+][B-]([C@H](CC(C)C)NC(=O)CNC(=O)c3cc(Cl)ccc3Cl)(OC1=O)O2. The number of hydrogen-bond donors (Lipinski definition) is 3. The van der Waals surface area contributed by atoms with Crippen LogP contribution in [0.15, 0.2) is 18.2 Å². The zero-order chi connectivity index (χ0) is 26.0. The van der Waals surface area contributed by atoms with Crippen molar-refractivity contribution in [1.82, 2.24) is 16.0 Å². The van der Waals surface area contributed by atoms with Crippen molar-refractivity contribution in [2.45, 2.75) is 44.7 Å². The molecule has 0 aliphatic carbocycles. The van der Waals surface area contributed by atoms with E-state index in [0.29, 0.717) is 5.02 Å². The number of fused-ring (bicyclic) bond motifs is 2. The number of aliphatic carboxylic acids is 1. The van der Waals surface area contributed by atoms with Gasteiger partial charge in [-0.2, -0.15) is 0 Å². The topological polar surface area (TPSA) is 153 Å². The lowest BCUT2D eigenvalue weighted by molar-refractivity contribution is -0.169. The number of carboxylic acids is 1. The van der Waals surface area contributed by atoms with E-state index in [-0.39, 0.29) is 22.9 Å². The summed E-state index contributed by atoms with van der Waals surface area (Å²) < 4.78 is 15.4. The lowest BCUT2D eigenvalue weighted by Gasteiger charge is -2.43. The van der Waals surface area contributed by atoms with E-state index in [9.17, 15) is 24.0 Å². The standard InChI is InChI=1S/C21H26BCl2N3O8/c1-11(2)6-15(27-17(29)10-26-19(31)13-7-12(23)4-5-14(13)24)22-33-18(30)9-21(35-22,20(32)34-22)8-16(28)25-3/h4-5,7,11,15,33H,6,8-10H2,1-3H3,(H,25,28)(H,26,31)(H,27,29)/t15-,21+,22?/m0/s1. The zero-order valence-electron chi connectivity index (χ0n) is 19.4. The molecule has 3 atom stereocenters. The first-order chi connectivity index (χ1) is 16.4. The minimum Gasteiger partial charge on any atom is -0.717 e. The van der Waals surface area contributed by atoms with E-state index in [4.69, 9.17) is 32.5 Å². The van der Waals surface area contributed by atoms with Gasteiger partial charge in [0, 0.05) is 22.8 Å². The Balaban J connectivity index is 1.76. The first kappa shape index (κ1) is 26.8. The predicted molar refractivity (Wildman–Crippen MR) is 126 cm³/mol. The number of rotatable bonds is 9. The summed E-state index contributed by atoms with van der Waals surface area (Å²) in [5, 5.41) is 7.95. The van der Waals surface area contributed by atoms with Gasteiger partial charge in [-0.25, -0.2) is 0 Å². The van der Waals surface area contributed by atoms with Gasteiger partial charge in [0.2, 0.25) is 11.8 Å². The van der Waals surface area contributed by atoms with Gasteiger partial charge in [0.15, 0.2) is 5.60 Å². The molecule has 2 heterocycles. The largest absolute Gasteiger partial charge is 0.717 e. The van der Waals surface area contributed by atoms with Crippen LogP contribution in [0.3, 0.4) is 0 Å². The molecule has 0 radical (unpaired) electrons. The van der Waals surface area contributed by atoms with Crippen LogP contribution < -0.4 is 16.0 Å². The number of hydrogen-bond acceptors (Lipinski definition) is 7. The Morgan fingerprint density at radius 3 is 2.57 bits per heavy atom. The summed E-state index contributed by atoms with van der Waals surface area (Å²) in [7, 11) is 1.39. The Morgan fingerprint density at radius 2 is 1.91 bits per heavy atom. The van der Waals surface area contributed by atoms with Gasteiger partial charge in [0.05, 0.1) is 23.6 Å². The third-order valence-corrected chi connectivity index (χ3v) is 6.26. The highest BCUT2D eigenvalue weighted by atomic mass is 35.5. The number of halogens is 2. The quantitative estimate of drug-likeness (QED) is 0.313. The van der Waals surface area contributed by atoms with Gasteiger partial charge in [-0.3, -0.25) is 19.2 Å². The fourth-order valence-corrected chi connectivity index (χ4v) is 4.50. The molecule has 2 saturated heterocycles. The summed E-state index contributed by atoms with van der Waals surface area (Å²) in [5.74, 6) is -4.37. The maximum absolute atomic E-state index is 12.8. The Labute approximate surface area is 211 Å². The maximum Gasteiger partial charge on any atom is 0.594 e. The fourth-order valence-electron chi connectivity index (χ4n) is 4.12. The number of carbonyl (C=O) groups excluding carboxylic acids is 4. The minimum atomic E-state index is -2.96. The van der Waals surface area contributed by atoms with Crippen molar-refractivity contribution in [2.24, 2.45) is 5.92 Å². The van der Waals surface area contributed by atoms with Crippen LogP contribution in [-0.2, 0) is 28.5 Å².